The molecule has 0 aliphatic heterocycles. The number of nitrogen functional groups attached to an aromatic ring is 1. The summed E-state index contributed by atoms with van der Waals surface area (Å²) in [6, 6.07) is 12.1. The van der Waals surface area contributed by atoms with Crippen LogP contribution in [0.5, 0.6) is 0 Å². The maximum Gasteiger partial charge on any atom is 0.267 e. The van der Waals surface area contributed by atoms with Crippen molar-refractivity contribution in [2.24, 2.45) is 0 Å². The lowest BCUT2D eigenvalue weighted by Gasteiger charge is -2.10. The molecule has 7 nitrogen and oxygen atoms in total. The van der Waals surface area contributed by atoms with Gasteiger partial charge in [-0.1, -0.05) is 23.4 Å². The number of pyridine rings is 1. The summed E-state index contributed by atoms with van der Waals surface area (Å²) < 4.78 is 29.0. The Bertz CT molecular complexity index is 1410. The van der Waals surface area contributed by atoms with E-state index in [0.717, 1.165) is 17.8 Å². The zero-order valence-electron chi connectivity index (χ0n) is 16.6. The number of nitrogens with one attached hydrogen (secondary N) is 1. The van der Waals surface area contributed by atoms with Crippen LogP contribution in [0.1, 0.15) is 10.4 Å². The van der Waals surface area contributed by atoms with E-state index in [-0.39, 0.29) is 32.0 Å². The minimum atomic E-state index is -0.720. The summed E-state index contributed by atoms with van der Waals surface area (Å²) in [5.74, 6) is -1.73. The molecule has 1 amide bonds. The Morgan fingerprint density at radius 2 is 1.85 bits per heavy atom. The lowest BCUT2D eigenvalue weighted by molar-refractivity contribution is 0.102. The highest BCUT2D eigenvalue weighted by Gasteiger charge is 2.16. The molecule has 4 aromatic rings. The number of amides is 1. The van der Waals surface area contributed by atoms with Crippen molar-refractivity contribution in [2.75, 3.05) is 11.1 Å². The van der Waals surface area contributed by atoms with Gasteiger partial charge in [-0.15, -0.1) is 0 Å². The molecular weight excluding hydrogens is 472 g/mol. The highest BCUT2D eigenvalue weighted by molar-refractivity contribution is 7.99. The van der Waals surface area contributed by atoms with Gasteiger partial charge in [0, 0.05) is 22.5 Å². The largest absolute Gasteiger partial charge is 0.382 e. The van der Waals surface area contributed by atoms with E-state index in [9.17, 15) is 18.4 Å². The first kappa shape index (κ1) is 22.4. The molecule has 0 unspecified atom stereocenters. The summed E-state index contributed by atoms with van der Waals surface area (Å²) in [6.07, 6.45) is 2.68. The SMILES string of the molecule is Nc1ncnc(Sc2ccc(NC(=O)c3cccn(-c4ccc(F)cc4)c3=O)cc2F)c1Cl. The third-order valence-electron chi connectivity index (χ3n) is 4.48. The maximum atomic E-state index is 14.6. The van der Waals surface area contributed by atoms with E-state index in [2.05, 4.69) is 15.3 Å². The first-order valence-corrected chi connectivity index (χ1v) is 10.6. The molecule has 0 bridgehead atoms. The van der Waals surface area contributed by atoms with Crippen LogP contribution in [-0.4, -0.2) is 20.4 Å². The summed E-state index contributed by atoms with van der Waals surface area (Å²) in [7, 11) is 0. The van der Waals surface area contributed by atoms with Crippen molar-refractivity contribution >= 4 is 40.8 Å². The summed E-state index contributed by atoms with van der Waals surface area (Å²) >= 11 is 6.99. The van der Waals surface area contributed by atoms with Gasteiger partial charge < -0.3 is 11.1 Å². The number of hydrogen-bond donors (Lipinski definition) is 2. The van der Waals surface area contributed by atoms with E-state index in [1.807, 2.05) is 0 Å². The number of rotatable bonds is 5. The molecule has 0 fully saturated rings. The molecule has 11 heteroatoms. The smallest absolute Gasteiger partial charge is 0.267 e. The summed E-state index contributed by atoms with van der Waals surface area (Å²) in [5.41, 5.74) is 5.40. The van der Waals surface area contributed by atoms with Crippen molar-refractivity contribution in [3.05, 3.63) is 99.7 Å². The van der Waals surface area contributed by atoms with Crippen LogP contribution in [0.15, 0.2) is 81.8 Å². The van der Waals surface area contributed by atoms with E-state index in [0.29, 0.717) is 5.69 Å². The fourth-order valence-corrected chi connectivity index (χ4v) is 3.88. The third-order valence-corrected chi connectivity index (χ3v) is 6.02. The van der Waals surface area contributed by atoms with Crippen LogP contribution in [0.4, 0.5) is 20.3 Å². The summed E-state index contributed by atoms with van der Waals surface area (Å²) in [4.78, 5) is 33.4. The molecule has 0 aliphatic rings. The van der Waals surface area contributed by atoms with Crippen LogP contribution in [0.3, 0.4) is 0 Å². The van der Waals surface area contributed by atoms with Crippen LogP contribution in [-0.2, 0) is 0 Å². The molecule has 3 N–H and O–H groups in total. The van der Waals surface area contributed by atoms with Gasteiger partial charge in [0.05, 0.1) is 0 Å². The van der Waals surface area contributed by atoms with Crippen molar-refractivity contribution in [1.82, 2.24) is 14.5 Å². The average molecular weight is 486 g/mol. The second-order valence-corrected chi connectivity index (χ2v) is 8.06. The first-order chi connectivity index (χ1) is 15.8. The van der Waals surface area contributed by atoms with Crippen molar-refractivity contribution in [1.29, 1.82) is 0 Å². The van der Waals surface area contributed by atoms with Gasteiger partial charge >= 0.3 is 0 Å². The molecule has 0 saturated carbocycles. The predicted octanol–water partition coefficient (Wildman–Crippen LogP) is 4.54. The zero-order valence-corrected chi connectivity index (χ0v) is 18.2. The molecule has 2 aromatic heterocycles. The van der Waals surface area contributed by atoms with Crippen LogP contribution in [0.2, 0.25) is 5.02 Å². The number of benzene rings is 2. The lowest BCUT2D eigenvalue weighted by Crippen LogP contribution is -2.27. The predicted molar refractivity (Wildman–Crippen MR) is 122 cm³/mol. The maximum absolute atomic E-state index is 14.6. The molecule has 4 rings (SSSR count). The van der Waals surface area contributed by atoms with Crippen molar-refractivity contribution in [3.8, 4) is 5.69 Å². The molecule has 0 aliphatic carbocycles. The van der Waals surface area contributed by atoms with Gasteiger partial charge in [-0.2, -0.15) is 0 Å². The van der Waals surface area contributed by atoms with Crippen molar-refractivity contribution in [2.45, 2.75) is 9.92 Å². The number of nitrogens with zero attached hydrogens (tertiary/aromatic N) is 3. The minimum Gasteiger partial charge on any atom is -0.382 e. The molecule has 2 heterocycles. The number of halogens is 3. The lowest BCUT2D eigenvalue weighted by atomic mass is 10.2. The number of carbonyl (C=O) groups is 1. The summed E-state index contributed by atoms with van der Waals surface area (Å²) in [6.45, 7) is 0. The van der Waals surface area contributed by atoms with E-state index < -0.39 is 23.1 Å². The molecule has 166 valence electrons. The fraction of sp³-hybridized carbons (Fsp3) is 0. The van der Waals surface area contributed by atoms with E-state index in [1.54, 1.807) is 0 Å². The normalized spacial score (nSPS) is 10.8. The third kappa shape index (κ3) is 4.86. The molecule has 2 aromatic carbocycles. The molecular formula is C22H14ClF2N5O2S. The van der Waals surface area contributed by atoms with Gasteiger partial charge in [-0.25, -0.2) is 18.7 Å². The van der Waals surface area contributed by atoms with Gasteiger partial charge in [0.2, 0.25) is 0 Å². The van der Waals surface area contributed by atoms with Crippen molar-refractivity contribution < 1.29 is 13.6 Å². The van der Waals surface area contributed by atoms with Crippen molar-refractivity contribution in [3.63, 3.8) is 0 Å². The van der Waals surface area contributed by atoms with E-state index in [1.165, 1.54) is 65.6 Å². The Labute approximate surface area is 195 Å². The number of aromatic nitrogens is 3. The van der Waals surface area contributed by atoms with Crippen LogP contribution in [0.25, 0.3) is 5.69 Å². The fourth-order valence-electron chi connectivity index (χ4n) is 2.87. The minimum absolute atomic E-state index is 0.0765. The molecule has 33 heavy (non-hydrogen) atoms. The number of carbonyl (C=O) groups excluding carboxylic acids is 1. The molecule has 0 spiro atoms. The van der Waals surface area contributed by atoms with Gasteiger partial charge in [-0.05, 0) is 54.6 Å². The highest BCUT2D eigenvalue weighted by Crippen LogP contribution is 2.35. The van der Waals surface area contributed by atoms with Gasteiger partial charge in [0.25, 0.3) is 11.5 Å². The van der Waals surface area contributed by atoms with Gasteiger partial charge in [0.1, 0.15) is 39.4 Å². The van der Waals surface area contributed by atoms with Crippen LogP contribution in [0, 0.1) is 11.6 Å². The van der Waals surface area contributed by atoms with E-state index >= 15 is 0 Å². The van der Waals surface area contributed by atoms with Crippen LogP contribution >= 0.6 is 23.4 Å². The van der Waals surface area contributed by atoms with Crippen LogP contribution < -0.4 is 16.6 Å². The highest BCUT2D eigenvalue weighted by atomic mass is 35.5. The Kier molecular flexibility index (Phi) is 6.38. The first-order valence-electron chi connectivity index (χ1n) is 9.36. The Hall–Kier alpha value is -3.76. The molecule has 0 atom stereocenters. The molecule has 0 saturated heterocycles. The monoisotopic (exact) mass is 485 g/mol. The van der Waals surface area contributed by atoms with E-state index in [4.69, 9.17) is 17.3 Å². The zero-order chi connectivity index (χ0) is 23.5. The topological polar surface area (TPSA) is 103 Å². The number of anilines is 2. The molecule has 0 radical (unpaired) electrons. The second-order valence-electron chi connectivity index (χ2n) is 6.65. The second kappa shape index (κ2) is 9.39. The Morgan fingerprint density at radius 3 is 2.58 bits per heavy atom. The number of nitrogens with two attached hydrogens (primary N) is 1. The Morgan fingerprint density at radius 1 is 1.09 bits per heavy atom. The Balaban J connectivity index is 1.55. The van der Waals surface area contributed by atoms with Gasteiger partial charge in [0.15, 0.2) is 0 Å². The summed E-state index contributed by atoms with van der Waals surface area (Å²) in [5, 5.41) is 2.90. The number of hydrogen-bond acceptors (Lipinski definition) is 6. The average Bonchev–Trinajstić information content (AvgIpc) is 2.79. The quantitative estimate of drug-likeness (QED) is 0.402. The van der Waals surface area contributed by atoms with Gasteiger partial charge in [-0.3, -0.25) is 14.2 Å². The standard InChI is InChI=1S/C22H14ClF2N5O2S/c23-18-19(26)27-11-28-21(18)33-17-8-5-13(10-16(17)25)29-20(31)15-2-1-9-30(22(15)32)14-6-3-12(24)4-7-14/h1-11H,(H,29,31)(H2,26,27,28).